The minimum absolute atomic E-state index is 0.0595. The summed E-state index contributed by atoms with van der Waals surface area (Å²) in [5.41, 5.74) is -0.729. The second-order valence-electron chi connectivity index (χ2n) is 7.20. The van der Waals surface area contributed by atoms with Crippen LogP contribution >= 0.6 is 23.1 Å². The van der Waals surface area contributed by atoms with E-state index in [-0.39, 0.29) is 23.1 Å². The first-order chi connectivity index (χ1) is 13.0. The first-order valence-electron chi connectivity index (χ1n) is 9.53. The van der Waals surface area contributed by atoms with E-state index < -0.39 is 5.54 Å². The molecule has 0 radical (unpaired) electrons. The van der Waals surface area contributed by atoms with Gasteiger partial charge in [-0.1, -0.05) is 49.3 Å². The van der Waals surface area contributed by atoms with E-state index in [4.69, 9.17) is 0 Å². The molecule has 7 nitrogen and oxygen atoms in total. The highest BCUT2D eigenvalue weighted by Gasteiger charge is 2.36. The standard InChI is InChI=1S/C18H25N5O2S2/c1-3-14(24)23(13-7-8-13)16-21-22-17(27-16)26-12(2)15(25)20-18(11-19)9-5-4-6-10-18/h12-13H,3-10H2,1-2H3,(H,20,25). The molecule has 0 bridgehead atoms. The van der Waals surface area contributed by atoms with Crippen LogP contribution in [-0.4, -0.2) is 38.8 Å². The molecule has 0 aliphatic heterocycles. The molecular weight excluding hydrogens is 382 g/mol. The summed E-state index contributed by atoms with van der Waals surface area (Å²) in [6.45, 7) is 3.65. The minimum Gasteiger partial charge on any atom is -0.337 e. The van der Waals surface area contributed by atoms with Gasteiger partial charge in [0.05, 0.1) is 11.3 Å². The molecule has 27 heavy (non-hydrogen) atoms. The number of nitrogens with zero attached hydrogens (tertiary/aromatic N) is 4. The maximum atomic E-state index is 12.6. The molecule has 2 saturated carbocycles. The van der Waals surface area contributed by atoms with Crippen molar-refractivity contribution in [2.75, 3.05) is 4.90 Å². The Morgan fingerprint density at radius 1 is 1.37 bits per heavy atom. The molecule has 3 rings (SSSR count). The lowest BCUT2D eigenvalue weighted by molar-refractivity contribution is -0.122. The van der Waals surface area contributed by atoms with Gasteiger partial charge in [0.25, 0.3) is 0 Å². The normalized spacial score (nSPS) is 19.7. The van der Waals surface area contributed by atoms with Crippen molar-refractivity contribution in [1.82, 2.24) is 15.5 Å². The molecule has 2 aliphatic rings. The van der Waals surface area contributed by atoms with Crippen LogP contribution in [0.25, 0.3) is 0 Å². The van der Waals surface area contributed by atoms with E-state index in [2.05, 4.69) is 21.6 Å². The summed E-state index contributed by atoms with van der Waals surface area (Å²) >= 11 is 2.68. The van der Waals surface area contributed by atoms with Crippen LogP contribution < -0.4 is 10.2 Å². The molecular formula is C18H25N5O2S2. The lowest BCUT2D eigenvalue weighted by atomic mass is 9.83. The molecule has 146 valence electrons. The number of rotatable bonds is 7. The van der Waals surface area contributed by atoms with Gasteiger partial charge < -0.3 is 5.32 Å². The van der Waals surface area contributed by atoms with Crippen LogP contribution in [0.4, 0.5) is 5.13 Å². The quantitative estimate of drug-likeness (QED) is 0.550. The SMILES string of the molecule is CCC(=O)N(c1nnc(SC(C)C(=O)NC2(C#N)CCCCC2)s1)C1CC1. The van der Waals surface area contributed by atoms with Crippen LogP contribution in [0.5, 0.6) is 0 Å². The van der Waals surface area contributed by atoms with Crippen molar-refractivity contribution in [3.63, 3.8) is 0 Å². The topological polar surface area (TPSA) is 99.0 Å². The average molecular weight is 408 g/mol. The van der Waals surface area contributed by atoms with E-state index in [0.717, 1.165) is 32.1 Å². The number of hydrogen-bond acceptors (Lipinski definition) is 7. The highest BCUT2D eigenvalue weighted by Crippen LogP contribution is 2.37. The summed E-state index contributed by atoms with van der Waals surface area (Å²) in [5.74, 6) is -0.0897. The van der Waals surface area contributed by atoms with Gasteiger partial charge in [0.2, 0.25) is 16.9 Å². The van der Waals surface area contributed by atoms with E-state index in [1.807, 2.05) is 13.8 Å². The van der Waals surface area contributed by atoms with E-state index in [1.54, 1.807) is 4.90 Å². The fraction of sp³-hybridized carbons (Fsp3) is 0.722. The lowest BCUT2D eigenvalue weighted by Crippen LogP contribution is -2.50. The van der Waals surface area contributed by atoms with Crippen molar-refractivity contribution in [1.29, 1.82) is 5.26 Å². The van der Waals surface area contributed by atoms with Crippen molar-refractivity contribution in [2.45, 2.75) is 86.4 Å². The van der Waals surface area contributed by atoms with Gasteiger partial charge in [-0.15, -0.1) is 10.2 Å². The fourth-order valence-corrected chi connectivity index (χ4v) is 5.35. The number of nitrogens with one attached hydrogen (secondary N) is 1. The Bertz CT molecular complexity index is 734. The van der Waals surface area contributed by atoms with Gasteiger partial charge in [-0.2, -0.15) is 5.26 Å². The van der Waals surface area contributed by atoms with Gasteiger partial charge in [0.1, 0.15) is 5.54 Å². The number of carbonyl (C=O) groups is 2. The largest absolute Gasteiger partial charge is 0.337 e. The zero-order chi connectivity index (χ0) is 19.4. The lowest BCUT2D eigenvalue weighted by Gasteiger charge is -2.32. The minimum atomic E-state index is -0.729. The Kier molecular flexibility index (Phi) is 6.37. The number of carbonyl (C=O) groups excluding carboxylic acids is 2. The van der Waals surface area contributed by atoms with Gasteiger partial charge in [-0.3, -0.25) is 14.5 Å². The average Bonchev–Trinajstić information content (AvgIpc) is 3.41. The van der Waals surface area contributed by atoms with Crippen LogP contribution in [0.1, 0.15) is 65.2 Å². The number of amides is 2. The molecule has 2 amide bonds. The van der Waals surface area contributed by atoms with E-state index >= 15 is 0 Å². The molecule has 9 heteroatoms. The van der Waals surface area contributed by atoms with Crippen LogP contribution in [0.3, 0.4) is 0 Å². The zero-order valence-corrected chi connectivity index (χ0v) is 17.4. The van der Waals surface area contributed by atoms with Gasteiger partial charge in [0, 0.05) is 12.5 Å². The molecule has 0 spiro atoms. The van der Waals surface area contributed by atoms with Crippen LogP contribution in [0.15, 0.2) is 4.34 Å². The second kappa shape index (κ2) is 8.57. The van der Waals surface area contributed by atoms with E-state index in [1.165, 1.54) is 23.1 Å². The Balaban J connectivity index is 1.61. The van der Waals surface area contributed by atoms with Crippen molar-refractivity contribution in [3.05, 3.63) is 0 Å². The molecule has 0 saturated heterocycles. The maximum absolute atomic E-state index is 12.6. The molecule has 0 aromatic carbocycles. The van der Waals surface area contributed by atoms with Crippen molar-refractivity contribution < 1.29 is 9.59 Å². The molecule has 1 aromatic rings. The summed E-state index contributed by atoms with van der Waals surface area (Å²) in [4.78, 5) is 26.5. The first-order valence-corrected chi connectivity index (χ1v) is 11.2. The zero-order valence-electron chi connectivity index (χ0n) is 15.7. The van der Waals surface area contributed by atoms with E-state index in [0.29, 0.717) is 28.7 Å². The summed E-state index contributed by atoms with van der Waals surface area (Å²) < 4.78 is 0.664. The highest BCUT2D eigenvalue weighted by molar-refractivity contribution is 8.02. The number of anilines is 1. The molecule has 1 unspecified atom stereocenters. The van der Waals surface area contributed by atoms with Gasteiger partial charge in [-0.05, 0) is 32.6 Å². The molecule has 2 fully saturated rings. The molecule has 2 aliphatic carbocycles. The summed E-state index contributed by atoms with van der Waals surface area (Å²) in [6.07, 6.45) is 6.93. The molecule has 1 heterocycles. The summed E-state index contributed by atoms with van der Waals surface area (Å²) in [6, 6.07) is 2.56. The third kappa shape index (κ3) is 4.79. The number of hydrogen-bond donors (Lipinski definition) is 1. The fourth-order valence-electron chi connectivity index (χ4n) is 3.28. The van der Waals surface area contributed by atoms with Crippen molar-refractivity contribution in [2.24, 2.45) is 0 Å². The van der Waals surface area contributed by atoms with Gasteiger partial charge in [0.15, 0.2) is 4.34 Å². The number of thioether (sulfide) groups is 1. The molecule has 1 N–H and O–H groups in total. The summed E-state index contributed by atoms with van der Waals surface area (Å²) in [5, 5.41) is 21.1. The van der Waals surface area contributed by atoms with Crippen molar-refractivity contribution in [3.8, 4) is 6.07 Å². The Morgan fingerprint density at radius 2 is 2.07 bits per heavy atom. The Morgan fingerprint density at radius 3 is 2.67 bits per heavy atom. The monoisotopic (exact) mass is 407 g/mol. The first kappa shape index (κ1) is 20.1. The number of aromatic nitrogens is 2. The predicted molar refractivity (Wildman–Crippen MR) is 106 cm³/mol. The van der Waals surface area contributed by atoms with E-state index in [9.17, 15) is 14.9 Å². The summed E-state index contributed by atoms with van der Waals surface area (Å²) in [7, 11) is 0. The molecule has 1 aromatic heterocycles. The molecule has 1 atom stereocenters. The Hall–Kier alpha value is -1.66. The van der Waals surface area contributed by atoms with Crippen molar-refractivity contribution >= 4 is 40.0 Å². The van der Waals surface area contributed by atoms with Gasteiger partial charge >= 0.3 is 0 Å². The Labute approximate surface area is 167 Å². The second-order valence-corrected chi connectivity index (χ2v) is 9.75. The maximum Gasteiger partial charge on any atom is 0.234 e. The predicted octanol–water partition coefficient (Wildman–Crippen LogP) is 3.27. The van der Waals surface area contributed by atoms with Crippen LogP contribution in [-0.2, 0) is 9.59 Å². The van der Waals surface area contributed by atoms with Crippen LogP contribution in [0, 0.1) is 11.3 Å². The smallest absolute Gasteiger partial charge is 0.234 e. The van der Waals surface area contributed by atoms with Crippen LogP contribution in [0.2, 0.25) is 0 Å². The number of nitriles is 1. The third-order valence-electron chi connectivity index (χ3n) is 5.02. The van der Waals surface area contributed by atoms with Gasteiger partial charge in [-0.25, -0.2) is 0 Å². The third-order valence-corrected chi connectivity index (χ3v) is 7.12. The highest BCUT2D eigenvalue weighted by atomic mass is 32.2.